The van der Waals surface area contributed by atoms with Crippen molar-refractivity contribution < 1.29 is 13.2 Å². The Morgan fingerprint density at radius 3 is 2.73 bits per heavy atom. The van der Waals surface area contributed by atoms with Gasteiger partial charge < -0.3 is 10.6 Å². The molecule has 2 atom stereocenters. The van der Waals surface area contributed by atoms with E-state index in [1.807, 2.05) is 0 Å². The summed E-state index contributed by atoms with van der Waals surface area (Å²) in [7, 11) is -3.54. The summed E-state index contributed by atoms with van der Waals surface area (Å²) in [6, 6.07) is 8.31. The summed E-state index contributed by atoms with van der Waals surface area (Å²) in [5.41, 5.74) is 0. The van der Waals surface area contributed by atoms with Gasteiger partial charge in [-0.05, 0) is 37.6 Å². The van der Waals surface area contributed by atoms with Crippen LogP contribution in [0, 0.1) is 5.92 Å². The zero-order valence-corrected chi connectivity index (χ0v) is 13.5. The first-order valence-electron chi connectivity index (χ1n) is 7.54. The first-order chi connectivity index (χ1) is 10.5. The number of carbonyl (C=O) groups is 1. The first kappa shape index (κ1) is 16.9. The van der Waals surface area contributed by atoms with E-state index in [-0.39, 0.29) is 29.8 Å². The molecule has 2 rings (SSSR count). The molecule has 1 aliphatic rings. The number of amides is 1. The fourth-order valence-electron chi connectivity index (χ4n) is 2.49. The molecule has 1 saturated heterocycles. The van der Waals surface area contributed by atoms with Gasteiger partial charge in [0.2, 0.25) is 15.9 Å². The molecule has 0 aliphatic carbocycles. The molecule has 1 heterocycles. The Bertz CT molecular complexity index is 589. The van der Waals surface area contributed by atoms with Gasteiger partial charge >= 0.3 is 0 Å². The third kappa shape index (κ3) is 4.79. The molecule has 0 spiro atoms. The van der Waals surface area contributed by atoms with Crippen LogP contribution >= 0.6 is 0 Å². The second-order valence-corrected chi connectivity index (χ2v) is 7.37. The summed E-state index contributed by atoms with van der Waals surface area (Å²) in [5, 5.41) is 6.26. The van der Waals surface area contributed by atoms with E-state index in [1.165, 1.54) is 12.1 Å². The fourth-order valence-corrected chi connectivity index (χ4v) is 3.54. The van der Waals surface area contributed by atoms with Gasteiger partial charge in [0, 0.05) is 19.0 Å². The Kier molecular flexibility index (Phi) is 5.93. The number of carbonyl (C=O) groups excluding carboxylic acids is 1. The van der Waals surface area contributed by atoms with E-state index < -0.39 is 10.0 Å². The Balaban J connectivity index is 1.77. The largest absolute Gasteiger partial charge is 0.353 e. The predicted molar refractivity (Wildman–Crippen MR) is 84.8 cm³/mol. The van der Waals surface area contributed by atoms with Gasteiger partial charge in [-0.25, -0.2) is 13.1 Å². The topological polar surface area (TPSA) is 87.3 Å². The average molecular weight is 325 g/mol. The highest BCUT2D eigenvalue weighted by Gasteiger charge is 2.22. The number of hydrogen-bond acceptors (Lipinski definition) is 4. The maximum absolute atomic E-state index is 12.0. The van der Waals surface area contributed by atoms with Crippen molar-refractivity contribution in [3.8, 4) is 0 Å². The molecule has 7 heteroatoms. The molecule has 2 unspecified atom stereocenters. The molecule has 0 saturated carbocycles. The molecule has 6 nitrogen and oxygen atoms in total. The predicted octanol–water partition coefficient (Wildman–Crippen LogP) is 0.469. The van der Waals surface area contributed by atoms with Crippen LogP contribution in [-0.2, 0) is 14.8 Å². The minimum atomic E-state index is -3.54. The monoisotopic (exact) mass is 325 g/mol. The lowest BCUT2D eigenvalue weighted by molar-refractivity contribution is -0.122. The Hall–Kier alpha value is -1.44. The smallest absolute Gasteiger partial charge is 0.240 e. The highest BCUT2D eigenvalue weighted by atomic mass is 32.2. The molecular formula is C15H23N3O3S. The van der Waals surface area contributed by atoms with Crippen LogP contribution in [0.25, 0.3) is 0 Å². The van der Waals surface area contributed by atoms with Crippen molar-refractivity contribution in [2.75, 3.05) is 19.6 Å². The Labute approximate surface area is 131 Å². The lowest BCUT2D eigenvalue weighted by Gasteiger charge is -2.30. The highest BCUT2D eigenvalue weighted by Crippen LogP contribution is 2.10. The third-order valence-corrected chi connectivity index (χ3v) is 5.31. The highest BCUT2D eigenvalue weighted by molar-refractivity contribution is 7.89. The number of rotatable bonds is 6. The molecule has 1 fully saturated rings. The molecule has 1 aromatic carbocycles. The van der Waals surface area contributed by atoms with E-state index in [0.29, 0.717) is 5.92 Å². The van der Waals surface area contributed by atoms with Crippen LogP contribution in [0.4, 0.5) is 0 Å². The van der Waals surface area contributed by atoms with Crippen molar-refractivity contribution in [1.82, 2.24) is 15.4 Å². The molecule has 1 aromatic rings. The molecule has 122 valence electrons. The van der Waals surface area contributed by atoms with Crippen molar-refractivity contribution in [1.29, 1.82) is 0 Å². The normalized spacial score (nSPS) is 22.2. The van der Waals surface area contributed by atoms with Crippen LogP contribution in [-0.4, -0.2) is 40.0 Å². The summed E-state index contributed by atoms with van der Waals surface area (Å²) in [6.45, 7) is 3.99. The number of sulfonamides is 1. The minimum Gasteiger partial charge on any atom is -0.353 e. The molecule has 1 amide bonds. The van der Waals surface area contributed by atoms with E-state index in [9.17, 15) is 13.2 Å². The summed E-state index contributed by atoms with van der Waals surface area (Å²) < 4.78 is 26.5. The van der Waals surface area contributed by atoms with Crippen molar-refractivity contribution >= 4 is 15.9 Å². The van der Waals surface area contributed by atoms with Crippen LogP contribution < -0.4 is 15.4 Å². The second-order valence-electron chi connectivity index (χ2n) is 5.60. The number of benzene rings is 1. The summed E-state index contributed by atoms with van der Waals surface area (Å²) in [6.07, 6.45) is 1.05. The zero-order chi connectivity index (χ0) is 16.0. The van der Waals surface area contributed by atoms with E-state index in [4.69, 9.17) is 0 Å². The first-order valence-corrected chi connectivity index (χ1v) is 9.02. The van der Waals surface area contributed by atoms with Crippen LogP contribution in [0.2, 0.25) is 0 Å². The number of hydrogen-bond donors (Lipinski definition) is 3. The number of nitrogens with one attached hydrogen (secondary N) is 3. The van der Waals surface area contributed by atoms with E-state index in [1.54, 1.807) is 18.2 Å². The van der Waals surface area contributed by atoms with Gasteiger partial charge in [-0.2, -0.15) is 0 Å². The maximum atomic E-state index is 12.0. The summed E-state index contributed by atoms with van der Waals surface area (Å²) in [5.74, 6) is 0.272. The van der Waals surface area contributed by atoms with Crippen LogP contribution in [0.3, 0.4) is 0 Å². The average Bonchev–Trinajstić information content (AvgIpc) is 2.50. The summed E-state index contributed by atoms with van der Waals surface area (Å²) >= 11 is 0. The standard InChI is InChI=1S/C15H23N3O3S/c1-12-11-16-9-7-14(12)18-15(19)8-10-17-22(20,21)13-5-3-2-4-6-13/h2-6,12,14,16-17H,7-11H2,1H3,(H,18,19). The van der Waals surface area contributed by atoms with Gasteiger partial charge in [0.25, 0.3) is 0 Å². The molecular weight excluding hydrogens is 302 g/mol. The maximum Gasteiger partial charge on any atom is 0.240 e. The fraction of sp³-hybridized carbons (Fsp3) is 0.533. The van der Waals surface area contributed by atoms with Crippen molar-refractivity contribution in [3.63, 3.8) is 0 Å². The summed E-state index contributed by atoms with van der Waals surface area (Å²) in [4.78, 5) is 12.1. The lowest BCUT2D eigenvalue weighted by atomic mass is 9.95. The third-order valence-electron chi connectivity index (χ3n) is 3.83. The van der Waals surface area contributed by atoms with E-state index in [0.717, 1.165) is 19.5 Å². The molecule has 3 N–H and O–H groups in total. The van der Waals surface area contributed by atoms with E-state index in [2.05, 4.69) is 22.3 Å². The van der Waals surface area contributed by atoms with Gasteiger partial charge in [-0.3, -0.25) is 4.79 Å². The zero-order valence-electron chi connectivity index (χ0n) is 12.7. The lowest BCUT2D eigenvalue weighted by Crippen LogP contribution is -2.48. The van der Waals surface area contributed by atoms with Gasteiger partial charge in [0.1, 0.15) is 0 Å². The molecule has 0 radical (unpaired) electrons. The molecule has 22 heavy (non-hydrogen) atoms. The number of piperidine rings is 1. The van der Waals surface area contributed by atoms with Crippen LogP contribution in [0.5, 0.6) is 0 Å². The Morgan fingerprint density at radius 1 is 1.32 bits per heavy atom. The second kappa shape index (κ2) is 7.71. The molecule has 1 aliphatic heterocycles. The quantitative estimate of drug-likeness (QED) is 0.709. The van der Waals surface area contributed by atoms with Gasteiger partial charge in [0.15, 0.2) is 0 Å². The molecule has 0 bridgehead atoms. The SMILES string of the molecule is CC1CNCCC1NC(=O)CCNS(=O)(=O)c1ccccc1. The van der Waals surface area contributed by atoms with Crippen molar-refractivity contribution in [2.45, 2.75) is 30.7 Å². The van der Waals surface area contributed by atoms with Gasteiger partial charge in [-0.1, -0.05) is 25.1 Å². The minimum absolute atomic E-state index is 0.0996. The van der Waals surface area contributed by atoms with Crippen molar-refractivity contribution in [2.24, 2.45) is 5.92 Å². The Morgan fingerprint density at radius 2 is 2.05 bits per heavy atom. The van der Waals surface area contributed by atoms with Gasteiger partial charge in [0.05, 0.1) is 4.90 Å². The van der Waals surface area contributed by atoms with E-state index >= 15 is 0 Å². The van der Waals surface area contributed by atoms with Crippen LogP contribution in [0.15, 0.2) is 35.2 Å². The van der Waals surface area contributed by atoms with Gasteiger partial charge in [-0.15, -0.1) is 0 Å². The van der Waals surface area contributed by atoms with Crippen LogP contribution in [0.1, 0.15) is 19.8 Å². The van der Waals surface area contributed by atoms with Crippen molar-refractivity contribution in [3.05, 3.63) is 30.3 Å². The molecule has 0 aromatic heterocycles.